The van der Waals surface area contributed by atoms with Gasteiger partial charge in [0.05, 0.1) is 16.5 Å². The first-order valence-corrected chi connectivity index (χ1v) is 12.5. The third-order valence-electron chi connectivity index (χ3n) is 4.87. The smallest absolute Gasteiger partial charge is 0.242 e. The van der Waals surface area contributed by atoms with Gasteiger partial charge in [-0.2, -0.15) is 4.72 Å². The van der Waals surface area contributed by atoms with E-state index in [0.717, 1.165) is 11.1 Å². The minimum atomic E-state index is -4.07. The lowest BCUT2D eigenvalue weighted by atomic mass is 10.1. The van der Waals surface area contributed by atoms with Gasteiger partial charge in [-0.05, 0) is 61.7 Å². The quantitative estimate of drug-likeness (QED) is 0.416. The Morgan fingerprint density at radius 2 is 1.76 bits per heavy atom. The number of hydrogen-bond donors (Lipinski definition) is 2. The SMILES string of the molecule is CCOc1ccc(S(=O)(=O)NC(Cc2ccccc2)C(=O)Nc2cc(Cl)ccc2C)cc1Cl. The van der Waals surface area contributed by atoms with E-state index in [4.69, 9.17) is 27.9 Å². The van der Waals surface area contributed by atoms with E-state index in [0.29, 0.717) is 23.1 Å². The molecule has 3 aromatic rings. The molecule has 0 fully saturated rings. The summed E-state index contributed by atoms with van der Waals surface area (Å²) in [6.07, 6.45) is 0.149. The molecule has 0 aliphatic rings. The average molecular weight is 507 g/mol. The Balaban J connectivity index is 1.89. The molecule has 0 radical (unpaired) electrons. The largest absolute Gasteiger partial charge is 0.492 e. The van der Waals surface area contributed by atoms with Crippen molar-refractivity contribution in [1.29, 1.82) is 0 Å². The molecule has 0 aliphatic carbocycles. The standard InChI is InChI=1S/C24H24Cl2N2O4S/c1-3-32-23-12-11-19(15-20(23)26)33(30,31)28-22(13-17-7-5-4-6-8-17)24(29)27-21-14-18(25)10-9-16(21)2/h4-12,14-15,22,28H,3,13H2,1-2H3,(H,27,29). The molecule has 174 valence electrons. The van der Waals surface area contributed by atoms with E-state index in [-0.39, 0.29) is 16.3 Å². The number of rotatable bonds is 9. The predicted octanol–water partition coefficient (Wildman–Crippen LogP) is 5.23. The number of anilines is 1. The highest BCUT2D eigenvalue weighted by Gasteiger charge is 2.27. The summed E-state index contributed by atoms with van der Waals surface area (Å²) < 4.78 is 34.1. The lowest BCUT2D eigenvalue weighted by Gasteiger charge is -2.20. The lowest BCUT2D eigenvalue weighted by Crippen LogP contribution is -2.45. The summed E-state index contributed by atoms with van der Waals surface area (Å²) in [5, 5.41) is 3.41. The fourth-order valence-corrected chi connectivity index (χ4v) is 4.86. The van der Waals surface area contributed by atoms with Crippen LogP contribution in [-0.2, 0) is 21.2 Å². The Kier molecular flexibility index (Phi) is 8.37. The van der Waals surface area contributed by atoms with Crippen LogP contribution in [0.2, 0.25) is 10.0 Å². The number of nitrogens with one attached hydrogen (secondary N) is 2. The van der Waals surface area contributed by atoms with Crippen molar-refractivity contribution >= 4 is 44.8 Å². The molecule has 3 aromatic carbocycles. The van der Waals surface area contributed by atoms with Crippen LogP contribution in [0.4, 0.5) is 5.69 Å². The van der Waals surface area contributed by atoms with Crippen molar-refractivity contribution in [2.45, 2.75) is 31.2 Å². The summed E-state index contributed by atoms with van der Waals surface area (Å²) in [4.78, 5) is 13.1. The van der Waals surface area contributed by atoms with Gasteiger partial charge in [0, 0.05) is 10.7 Å². The number of halogens is 2. The van der Waals surface area contributed by atoms with Crippen LogP contribution in [0.1, 0.15) is 18.1 Å². The van der Waals surface area contributed by atoms with Crippen LogP contribution in [-0.4, -0.2) is 27.0 Å². The van der Waals surface area contributed by atoms with Gasteiger partial charge in [-0.25, -0.2) is 8.42 Å². The molecule has 0 aliphatic heterocycles. The van der Waals surface area contributed by atoms with Crippen LogP contribution in [0.3, 0.4) is 0 Å². The van der Waals surface area contributed by atoms with Gasteiger partial charge in [0.15, 0.2) is 0 Å². The van der Waals surface area contributed by atoms with Crippen molar-refractivity contribution in [1.82, 2.24) is 4.72 Å². The first kappa shape index (κ1) is 25.1. The highest BCUT2D eigenvalue weighted by Crippen LogP contribution is 2.28. The Labute approximate surface area is 203 Å². The number of carbonyl (C=O) groups excluding carboxylic acids is 1. The molecule has 1 amide bonds. The predicted molar refractivity (Wildman–Crippen MR) is 132 cm³/mol. The van der Waals surface area contributed by atoms with Gasteiger partial charge in [0.2, 0.25) is 15.9 Å². The van der Waals surface area contributed by atoms with Crippen LogP contribution in [0.5, 0.6) is 5.75 Å². The van der Waals surface area contributed by atoms with Crippen molar-refractivity contribution in [3.63, 3.8) is 0 Å². The van der Waals surface area contributed by atoms with Gasteiger partial charge in [0.1, 0.15) is 11.8 Å². The summed E-state index contributed by atoms with van der Waals surface area (Å²) in [6, 6.07) is 17.4. The molecular formula is C24H24Cl2N2O4S. The second kappa shape index (κ2) is 11.0. The fourth-order valence-electron chi connectivity index (χ4n) is 3.16. The number of aryl methyl sites for hydroxylation is 1. The molecule has 6 nitrogen and oxygen atoms in total. The topological polar surface area (TPSA) is 84.5 Å². The summed E-state index contributed by atoms with van der Waals surface area (Å²) in [7, 11) is -4.07. The van der Waals surface area contributed by atoms with Crippen LogP contribution in [0, 0.1) is 6.92 Å². The first-order chi connectivity index (χ1) is 15.7. The summed E-state index contributed by atoms with van der Waals surface area (Å²) in [5.74, 6) is -0.127. The summed E-state index contributed by atoms with van der Waals surface area (Å²) in [6.45, 7) is 4.02. The molecule has 0 spiro atoms. The molecule has 0 heterocycles. The lowest BCUT2D eigenvalue weighted by molar-refractivity contribution is -0.117. The molecular weight excluding hydrogens is 483 g/mol. The fraction of sp³-hybridized carbons (Fsp3) is 0.208. The number of carbonyl (C=O) groups is 1. The van der Waals surface area contributed by atoms with Crippen molar-refractivity contribution in [3.8, 4) is 5.75 Å². The third kappa shape index (κ3) is 6.71. The molecule has 1 atom stereocenters. The number of sulfonamides is 1. The highest BCUT2D eigenvalue weighted by atomic mass is 35.5. The van der Waals surface area contributed by atoms with Crippen molar-refractivity contribution in [3.05, 3.63) is 87.9 Å². The number of amides is 1. The first-order valence-electron chi connectivity index (χ1n) is 10.2. The van der Waals surface area contributed by atoms with E-state index in [2.05, 4.69) is 10.0 Å². The van der Waals surface area contributed by atoms with Crippen molar-refractivity contribution < 1.29 is 17.9 Å². The molecule has 9 heteroatoms. The normalized spacial score (nSPS) is 12.2. The van der Waals surface area contributed by atoms with Gasteiger partial charge in [-0.1, -0.05) is 59.6 Å². The van der Waals surface area contributed by atoms with E-state index in [1.165, 1.54) is 18.2 Å². The van der Waals surface area contributed by atoms with Gasteiger partial charge >= 0.3 is 0 Å². The van der Waals surface area contributed by atoms with E-state index in [1.807, 2.05) is 37.3 Å². The van der Waals surface area contributed by atoms with Crippen LogP contribution < -0.4 is 14.8 Å². The second-order valence-corrected chi connectivity index (χ2v) is 9.89. The summed E-state index contributed by atoms with van der Waals surface area (Å²) in [5.41, 5.74) is 2.11. The van der Waals surface area contributed by atoms with Crippen LogP contribution >= 0.6 is 23.2 Å². The average Bonchev–Trinajstić information content (AvgIpc) is 2.78. The van der Waals surface area contributed by atoms with E-state index < -0.39 is 22.0 Å². The van der Waals surface area contributed by atoms with Gasteiger partial charge in [-0.15, -0.1) is 0 Å². The molecule has 2 N–H and O–H groups in total. The molecule has 0 saturated carbocycles. The van der Waals surface area contributed by atoms with Crippen LogP contribution in [0.15, 0.2) is 71.6 Å². The Morgan fingerprint density at radius 1 is 1.03 bits per heavy atom. The van der Waals surface area contributed by atoms with Crippen molar-refractivity contribution in [2.24, 2.45) is 0 Å². The third-order valence-corrected chi connectivity index (χ3v) is 6.87. The zero-order valence-corrected chi connectivity index (χ0v) is 20.5. The highest BCUT2D eigenvalue weighted by molar-refractivity contribution is 7.89. The van der Waals surface area contributed by atoms with Crippen molar-refractivity contribution in [2.75, 3.05) is 11.9 Å². The minimum Gasteiger partial charge on any atom is -0.492 e. The maximum absolute atomic E-state index is 13.2. The molecule has 1 unspecified atom stereocenters. The maximum atomic E-state index is 13.2. The number of hydrogen-bond acceptors (Lipinski definition) is 4. The zero-order valence-electron chi connectivity index (χ0n) is 18.1. The zero-order chi connectivity index (χ0) is 24.0. The van der Waals surface area contributed by atoms with Gasteiger partial charge < -0.3 is 10.1 Å². The van der Waals surface area contributed by atoms with Gasteiger partial charge in [-0.3, -0.25) is 4.79 Å². The van der Waals surface area contributed by atoms with E-state index in [1.54, 1.807) is 25.1 Å². The summed E-state index contributed by atoms with van der Waals surface area (Å²) >= 11 is 12.2. The van der Waals surface area contributed by atoms with E-state index in [9.17, 15) is 13.2 Å². The molecule has 0 saturated heterocycles. The minimum absolute atomic E-state index is 0.0687. The van der Waals surface area contributed by atoms with E-state index >= 15 is 0 Å². The maximum Gasteiger partial charge on any atom is 0.242 e. The Morgan fingerprint density at radius 3 is 2.42 bits per heavy atom. The Hall–Kier alpha value is -2.58. The Bertz CT molecular complexity index is 1230. The van der Waals surface area contributed by atoms with Gasteiger partial charge in [0.25, 0.3) is 0 Å². The monoisotopic (exact) mass is 506 g/mol. The number of benzene rings is 3. The molecule has 0 bridgehead atoms. The molecule has 33 heavy (non-hydrogen) atoms. The number of ether oxygens (including phenoxy) is 1. The molecule has 0 aromatic heterocycles. The second-order valence-electron chi connectivity index (χ2n) is 7.34. The molecule has 3 rings (SSSR count). The van der Waals surface area contributed by atoms with Crippen LogP contribution in [0.25, 0.3) is 0 Å².